The van der Waals surface area contributed by atoms with Crippen LogP contribution in [0.1, 0.15) is 18.5 Å². The van der Waals surface area contributed by atoms with E-state index in [1.54, 1.807) is 11.3 Å². The number of nitrogens with one attached hydrogen (secondary N) is 1. The summed E-state index contributed by atoms with van der Waals surface area (Å²) in [6, 6.07) is 25.6. The van der Waals surface area contributed by atoms with E-state index in [1.807, 2.05) is 79.7 Å². The van der Waals surface area contributed by atoms with E-state index < -0.39 is 0 Å². The van der Waals surface area contributed by atoms with Crippen molar-refractivity contribution in [1.29, 1.82) is 0 Å². The van der Waals surface area contributed by atoms with E-state index in [4.69, 9.17) is 4.74 Å². The summed E-state index contributed by atoms with van der Waals surface area (Å²) in [7, 11) is 0. The van der Waals surface area contributed by atoms with Crippen LogP contribution in [0.3, 0.4) is 0 Å². The molecule has 0 spiro atoms. The van der Waals surface area contributed by atoms with Gasteiger partial charge in [0.05, 0.1) is 16.3 Å². The van der Waals surface area contributed by atoms with E-state index in [1.165, 1.54) is 4.70 Å². The molecule has 4 nitrogen and oxygen atoms in total. The molecule has 1 heterocycles. The number of aromatic nitrogens is 1. The van der Waals surface area contributed by atoms with E-state index in [9.17, 15) is 4.79 Å². The minimum absolute atomic E-state index is 0.0162. The van der Waals surface area contributed by atoms with Gasteiger partial charge >= 0.3 is 0 Å². The summed E-state index contributed by atoms with van der Waals surface area (Å²) in [5.74, 6) is 0.513. The average molecular weight is 388 g/mol. The van der Waals surface area contributed by atoms with Crippen LogP contribution in [0, 0.1) is 0 Å². The van der Waals surface area contributed by atoms with Crippen molar-refractivity contribution in [3.63, 3.8) is 0 Å². The van der Waals surface area contributed by atoms with E-state index in [2.05, 4.69) is 16.4 Å². The van der Waals surface area contributed by atoms with Crippen molar-refractivity contribution in [2.45, 2.75) is 13.0 Å². The molecule has 28 heavy (non-hydrogen) atoms. The molecule has 1 amide bonds. The molecule has 3 aromatic carbocycles. The highest BCUT2D eigenvalue weighted by Crippen LogP contribution is 2.30. The zero-order valence-electron chi connectivity index (χ0n) is 15.5. The van der Waals surface area contributed by atoms with E-state index in [0.29, 0.717) is 5.75 Å². The summed E-state index contributed by atoms with van der Waals surface area (Å²) in [6.07, 6.45) is 0. The Kier molecular flexibility index (Phi) is 5.35. The number of ether oxygens (including phenoxy) is 1. The Balaban J connectivity index is 1.35. The van der Waals surface area contributed by atoms with Crippen molar-refractivity contribution >= 4 is 27.5 Å². The third-order valence-electron chi connectivity index (χ3n) is 4.44. The van der Waals surface area contributed by atoms with Crippen molar-refractivity contribution in [3.8, 4) is 16.3 Å². The number of para-hydroxylation sites is 1. The van der Waals surface area contributed by atoms with E-state index >= 15 is 0 Å². The lowest BCUT2D eigenvalue weighted by Gasteiger charge is -2.14. The smallest absolute Gasteiger partial charge is 0.258 e. The summed E-state index contributed by atoms with van der Waals surface area (Å²) < 4.78 is 6.79. The first kappa shape index (κ1) is 18.2. The second-order valence-corrected chi connectivity index (χ2v) is 7.53. The Hall–Kier alpha value is -3.18. The lowest BCUT2D eigenvalue weighted by atomic mass is 10.1. The molecule has 0 fully saturated rings. The fourth-order valence-electron chi connectivity index (χ4n) is 2.95. The zero-order valence-corrected chi connectivity index (χ0v) is 16.3. The van der Waals surface area contributed by atoms with Gasteiger partial charge in [0.2, 0.25) is 0 Å². The quantitative estimate of drug-likeness (QED) is 0.493. The summed E-state index contributed by atoms with van der Waals surface area (Å²) in [4.78, 5) is 16.8. The number of fused-ring (bicyclic) bond motifs is 1. The van der Waals surface area contributed by atoms with Gasteiger partial charge in [-0.3, -0.25) is 4.79 Å². The number of hydrogen-bond acceptors (Lipinski definition) is 4. The van der Waals surface area contributed by atoms with Crippen molar-refractivity contribution in [1.82, 2.24) is 10.3 Å². The molecule has 0 unspecified atom stereocenters. The number of amides is 1. The van der Waals surface area contributed by atoms with Gasteiger partial charge in [0.15, 0.2) is 6.61 Å². The third kappa shape index (κ3) is 4.21. The number of hydrogen-bond donors (Lipinski definition) is 1. The van der Waals surface area contributed by atoms with Crippen molar-refractivity contribution in [2.24, 2.45) is 0 Å². The van der Waals surface area contributed by atoms with Crippen LogP contribution in [0.15, 0.2) is 78.9 Å². The minimum atomic E-state index is -0.147. The number of rotatable bonds is 6. The summed E-state index contributed by atoms with van der Waals surface area (Å²) in [6.45, 7) is 1.94. The second kappa shape index (κ2) is 8.23. The number of nitrogens with zero attached hydrogens (tertiary/aromatic N) is 1. The molecule has 5 heteroatoms. The van der Waals surface area contributed by atoms with Crippen LogP contribution in [-0.4, -0.2) is 17.5 Å². The number of thiazole rings is 1. The lowest BCUT2D eigenvalue weighted by Crippen LogP contribution is -2.31. The Morgan fingerprint density at radius 2 is 1.71 bits per heavy atom. The standard InChI is InChI=1S/C23H20N2O2S/c1-16(17-7-3-2-4-8-17)24-22(26)15-27-19-13-11-18(12-14-19)23-25-20-9-5-6-10-21(20)28-23/h2-14,16H,15H2,1H3,(H,24,26)/t16-/m0/s1. The maximum atomic E-state index is 12.1. The molecule has 4 rings (SSSR count). The fourth-order valence-corrected chi connectivity index (χ4v) is 3.92. The van der Waals surface area contributed by atoms with Gasteiger partial charge in [0.25, 0.3) is 5.91 Å². The van der Waals surface area contributed by atoms with E-state index in [-0.39, 0.29) is 18.6 Å². The van der Waals surface area contributed by atoms with Crippen LogP contribution < -0.4 is 10.1 Å². The first-order chi connectivity index (χ1) is 13.7. The van der Waals surface area contributed by atoms with Gasteiger partial charge in [-0.15, -0.1) is 11.3 Å². The highest BCUT2D eigenvalue weighted by molar-refractivity contribution is 7.21. The lowest BCUT2D eigenvalue weighted by molar-refractivity contribution is -0.123. The van der Waals surface area contributed by atoms with Gasteiger partial charge in [-0.1, -0.05) is 42.5 Å². The first-order valence-corrected chi connectivity index (χ1v) is 9.94. The Morgan fingerprint density at radius 1 is 1.00 bits per heavy atom. The average Bonchev–Trinajstić information content (AvgIpc) is 3.17. The summed E-state index contributed by atoms with van der Waals surface area (Å²) in [5, 5.41) is 3.92. The molecule has 1 aromatic heterocycles. The molecular weight excluding hydrogens is 368 g/mol. The Bertz CT molecular complexity index is 1040. The molecule has 1 atom stereocenters. The first-order valence-electron chi connectivity index (χ1n) is 9.12. The van der Waals surface area contributed by atoms with Crippen LogP contribution in [0.5, 0.6) is 5.75 Å². The van der Waals surface area contributed by atoms with Crippen molar-refractivity contribution in [2.75, 3.05) is 6.61 Å². The molecule has 4 aromatic rings. The summed E-state index contributed by atoms with van der Waals surface area (Å²) >= 11 is 1.66. The maximum Gasteiger partial charge on any atom is 0.258 e. The molecule has 0 aliphatic carbocycles. The second-order valence-electron chi connectivity index (χ2n) is 6.50. The highest BCUT2D eigenvalue weighted by atomic mass is 32.1. The molecule has 0 aliphatic rings. The number of benzene rings is 3. The maximum absolute atomic E-state index is 12.1. The van der Waals surface area contributed by atoms with Gasteiger partial charge < -0.3 is 10.1 Å². The van der Waals surface area contributed by atoms with Crippen LogP contribution in [-0.2, 0) is 4.79 Å². The van der Waals surface area contributed by atoms with Crippen molar-refractivity contribution < 1.29 is 9.53 Å². The largest absolute Gasteiger partial charge is 0.484 e. The molecule has 0 saturated heterocycles. The van der Waals surface area contributed by atoms with Gasteiger partial charge in [-0.2, -0.15) is 0 Å². The van der Waals surface area contributed by atoms with E-state index in [0.717, 1.165) is 21.7 Å². The van der Waals surface area contributed by atoms with Crippen LogP contribution >= 0.6 is 11.3 Å². The minimum Gasteiger partial charge on any atom is -0.484 e. The van der Waals surface area contributed by atoms with Gasteiger partial charge in [-0.05, 0) is 48.9 Å². The molecule has 0 radical (unpaired) electrons. The predicted octanol–water partition coefficient (Wildman–Crippen LogP) is 5.22. The van der Waals surface area contributed by atoms with Crippen molar-refractivity contribution in [3.05, 3.63) is 84.4 Å². The van der Waals surface area contributed by atoms with Gasteiger partial charge in [-0.25, -0.2) is 4.98 Å². The fraction of sp³-hybridized carbons (Fsp3) is 0.130. The third-order valence-corrected chi connectivity index (χ3v) is 5.53. The van der Waals surface area contributed by atoms with Gasteiger partial charge in [0.1, 0.15) is 10.8 Å². The highest BCUT2D eigenvalue weighted by Gasteiger charge is 2.10. The Morgan fingerprint density at radius 3 is 2.46 bits per heavy atom. The molecule has 1 N–H and O–H groups in total. The summed E-state index contributed by atoms with van der Waals surface area (Å²) in [5.41, 5.74) is 3.11. The molecule has 140 valence electrons. The van der Waals surface area contributed by atoms with Crippen LogP contribution in [0.2, 0.25) is 0 Å². The van der Waals surface area contributed by atoms with Crippen LogP contribution in [0.4, 0.5) is 0 Å². The molecule has 0 saturated carbocycles. The predicted molar refractivity (Wildman–Crippen MR) is 114 cm³/mol. The van der Waals surface area contributed by atoms with Crippen LogP contribution in [0.25, 0.3) is 20.8 Å². The molecule has 0 aliphatic heterocycles. The monoisotopic (exact) mass is 388 g/mol. The normalized spacial score (nSPS) is 11.9. The molecular formula is C23H20N2O2S. The topological polar surface area (TPSA) is 51.2 Å². The van der Waals surface area contributed by atoms with Gasteiger partial charge in [0, 0.05) is 5.56 Å². The SMILES string of the molecule is C[C@H](NC(=O)COc1ccc(-c2nc3ccccc3s2)cc1)c1ccccc1. The zero-order chi connectivity index (χ0) is 19.3. The number of carbonyl (C=O) groups is 1. The number of carbonyl (C=O) groups excluding carboxylic acids is 1. The Labute approximate surface area is 167 Å². The molecule has 0 bridgehead atoms.